The molecule has 1 amide bonds. The average molecular weight is 706 g/mol. The highest BCUT2D eigenvalue weighted by molar-refractivity contribution is 5.85. The van der Waals surface area contributed by atoms with Crippen LogP contribution in [-0.4, -0.2) is 56.9 Å². The van der Waals surface area contributed by atoms with Crippen LogP contribution in [0.5, 0.6) is 11.5 Å². The highest BCUT2D eigenvalue weighted by Gasteiger charge is 2.42. The zero-order chi connectivity index (χ0) is 36.7. The fourth-order valence-corrected chi connectivity index (χ4v) is 6.09. The second-order valence-corrected chi connectivity index (χ2v) is 12.4. The van der Waals surface area contributed by atoms with Crippen molar-refractivity contribution in [3.8, 4) is 17.2 Å². The molecule has 4 aromatic rings. The number of amides is 1. The summed E-state index contributed by atoms with van der Waals surface area (Å²) in [6.45, 7) is 3.77. The Morgan fingerprint density at radius 2 is 1.74 bits per heavy atom. The number of halogens is 6. The lowest BCUT2D eigenvalue weighted by atomic mass is 9.99. The number of carboxylic acids is 1. The van der Waals surface area contributed by atoms with Crippen molar-refractivity contribution in [2.45, 2.75) is 57.5 Å². The highest BCUT2D eigenvalue weighted by Crippen LogP contribution is 2.40. The number of aryl methyl sites for hydroxylation is 3. The Balaban J connectivity index is 1.79. The van der Waals surface area contributed by atoms with Crippen molar-refractivity contribution >= 4 is 11.9 Å². The molecule has 1 aliphatic heterocycles. The molecule has 2 atom stereocenters. The van der Waals surface area contributed by atoms with E-state index in [0.29, 0.717) is 23.7 Å². The minimum atomic E-state index is -5.10. The van der Waals surface area contributed by atoms with Crippen LogP contribution < -0.4 is 15.6 Å². The Kier molecular flexibility index (Phi) is 9.87. The molecule has 5 rings (SSSR count). The molecule has 0 aliphatic carbocycles. The Morgan fingerprint density at radius 3 is 2.38 bits per heavy atom. The van der Waals surface area contributed by atoms with Gasteiger partial charge in [0, 0.05) is 24.0 Å². The number of nitrogens with zero attached hydrogens (tertiary/aromatic N) is 4. The molecule has 2 aromatic carbocycles. The summed E-state index contributed by atoms with van der Waals surface area (Å²) in [6, 6.07) is 5.76. The number of rotatable bonds is 7. The van der Waals surface area contributed by atoms with E-state index >= 15 is 0 Å². The topological polar surface area (TPSA) is 119 Å². The van der Waals surface area contributed by atoms with E-state index in [1.54, 1.807) is 45.0 Å². The Bertz CT molecular complexity index is 2000. The molecule has 3 heterocycles. The number of alkyl halides is 6. The molecule has 10 nitrogen and oxygen atoms in total. The van der Waals surface area contributed by atoms with Crippen LogP contribution in [0.25, 0.3) is 5.69 Å². The van der Waals surface area contributed by atoms with Gasteiger partial charge in [-0.3, -0.25) is 19.0 Å². The zero-order valence-electron chi connectivity index (χ0n) is 27.3. The second-order valence-electron chi connectivity index (χ2n) is 12.4. The van der Waals surface area contributed by atoms with Crippen molar-refractivity contribution < 1.29 is 45.8 Å². The third-order valence-electron chi connectivity index (χ3n) is 8.17. The molecular formula is C34H33F6N5O5. The Labute approximate surface area is 281 Å². The average Bonchev–Trinajstić information content (AvgIpc) is 3.43. The smallest absolute Gasteiger partial charge is 0.435 e. The maximum atomic E-state index is 14.5. The Morgan fingerprint density at radius 1 is 1.02 bits per heavy atom. The van der Waals surface area contributed by atoms with Gasteiger partial charge < -0.3 is 20.1 Å². The van der Waals surface area contributed by atoms with E-state index < -0.39 is 65.1 Å². The number of carbonyl (C=O) groups is 2. The van der Waals surface area contributed by atoms with E-state index in [4.69, 9.17) is 4.74 Å². The summed E-state index contributed by atoms with van der Waals surface area (Å²) in [5.41, 5.74) is -3.58. The van der Waals surface area contributed by atoms with E-state index in [-0.39, 0.29) is 41.2 Å². The lowest BCUT2D eigenvalue weighted by Gasteiger charge is -2.25. The number of carboxylic acid groups (broad SMARTS) is 1. The number of nitrogens with one attached hydrogen (secondary N) is 1. The van der Waals surface area contributed by atoms with Gasteiger partial charge in [0.05, 0.1) is 18.0 Å². The van der Waals surface area contributed by atoms with Crippen LogP contribution in [-0.2, 0) is 28.4 Å². The van der Waals surface area contributed by atoms with Crippen LogP contribution in [0.4, 0.5) is 26.3 Å². The number of pyridine rings is 1. The van der Waals surface area contributed by atoms with Gasteiger partial charge in [-0.15, -0.1) is 0 Å². The fraction of sp³-hybridized carbons (Fsp3) is 0.353. The predicted molar refractivity (Wildman–Crippen MR) is 168 cm³/mol. The van der Waals surface area contributed by atoms with Gasteiger partial charge in [0.25, 0.3) is 5.56 Å². The zero-order valence-corrected chi connectivity index (χ0v) is 27.3. The fourth-order valence-electron chi connectivity index (χ4n) is 6.09. The number of benzene rings is 2. The van der Waals surface area contributed by atoms with Crippen molar-refractivity contribution in [1.29, 1.82) is 0 Å². The molecule has 50 heavy (non-hydrogen) atoms. The van der Waals surface area contributed by atoms with Gasteiger partial charge >= 0.3 is 18.3 Å². The first-order valence-corrected chi connectivity index (χ1v) is 15.4. The standard InChI is InChI=1S/C34H33F6N5O5/c1-18-11-19(2)29-26(12-18)50-22-9-5-7-20(13-22)30(44-16-21(8-6-10-43(3)4)24(14-27(44)46)33(35,36)37)32(49)41-25(15-28(47)48)23-17-45(29)42-31(23)34(38,39)40/h5,7,9,11-14,16-17,25,30H,6,8,10,15H2,1-4H3,(H,41,49)(H,47,48)/t25-,30+/m0/s1. The molecule has 4 bridgehead atoms. The minimum absolute atomic E-state index is 0.0319. The van der Waals surface area contributed by atoms with Crippen molar-refractivity contribution in [3.63, 3.8) is 0 Å². The normalized spacial score (nSPS) is 16.5. The number of hydrogen-bond acceptors (Lipinski definition) is 6. The summed E-state index contributed by atoms with van der Waals surface area (Å²) in [4.78, 5) is 41.4. The van der Waals surface area contributed by atoms with Crippen molar-refractivity contribution in [2.24, 2.45) is 0 Å². The highest BCUT2D eigenvalue weighted by atomic mass is 19.4. The van der Waals surface area contributed by atoms with E-state index in [9.17, 15) is 45.8 Å². The maximum absolute atomic E-state index is 14.5. The summed E-state index contributed by atoms with van der Waals surface area (Å²) in [6.07, 6.45) is -9.03. The van der Waals surface area contributed by atoms with Crippen LogP contribution >= 0.6 is 0 Å². The molecule has 1 aliphatic rings. The van der Waals surface area contributed by atoms with Gasteiger partial charge in [-0.05, 0) is 87.8 Å². The van der Waals surface area contributed by atoms with Gasteiger partial charge in [-0.25, -0.2) is 4.68 Å². The first kappa shape index (κ1) is 36.2. The summed E-state index contributed by atoms with van der Waals surface area (Å²) < 4.78 is 93.7. The quantitative estimate of drug-likeness (QED) is 0.220. The van der Waals surface area contributed by atoms with E-state index in [2.05, 4.69) is 10.4 Å². The van der Waals surface area contributed by atoms with E-state index in [1.807, 2.05) is 0 Å². The number of hydrogen-bond donors (Lipinski definition) is 2. The predicted octanol–water partition coefficient (Wildman–Crippen LogP) is 6.21. The van der Waals surface area contributed by atoms with Crippen LogP contribution in [0.1, 0.15) is 64.0 Å². The van der Waals surface area contributed by atoms with Crippen LogP contribution in [0, 0.1) is 13.8 Å². The molecule has 0 fully saturated rings. The number of carbonyl (C=O) groups excluding carboxylic acids is 1. The summed E-state index contributed by atoms with van der Waals surface area (Å²) in [5.74, 6) is -2.56. The molecule has 2 aromatic heterocycles. The van der Waals surface area contributed by atoms with Gasteiger partial charge in [0.1, 0.15) is 17.5 Å². The summed E-state index contributed by atoms with van der Waals surface area (Å²) >= 11 is 0. The molecule has 0 saturated heterocycles. The number of aromatic nitrogens is 3. The number of aliphatic carboxylic acids is 1. The van der Waals surface area contributed by atoms with E-state index in [0.717, 1.165) is 21.6 Å². The molecule has 0 spiro atoms. The summed E-state index contributed by atoms with van der Waals surface area (Å²) in [7, 11) is 3.47. The van der Waals surface area contributed by atoms with E-state index in [1.165, 1.54) is 24.3 Å². The third kappa shape index (κ3) is 7.69. The Hall–Kier alpha value is -5.12. The summed E-state index contributed by atoms with van der Waals surface area (Å²) in [5, 5.41) is 15.9. The molecule has 0 unspecified atom stereocenters. The maximum Gasteiger partial charge on any atom is 0.435 e. The molecule has 16 heteroatoms. The minimum Gasteiger partial charge on any atom is -0.481 e. The van der Waals surface area contributed by atoms with Crippen molar-refractivity contribution in [3.05, 3.63) is 104 Å². The van der Waals surface area contributed by atoms with Gasteiger partial charge in [-0.2, -0.15) is 31.4 Å². The lowest BCUT2D eigenvalue weighted by Crippen LogP contribution is -2.41. The lowest BCUT2D eigenvalue weighted by molar-refractivity contribution is -0.144. The monoisotopic (exact) mass is 705 g/mol. The van der Waals surface area contributed by atoms with Gasteiger partial charge in [0.2, 0.25) is 5.91 Å². The SMILES string of the molecule is Cc1cc(C)c2c(c1)Oc1cccc(c1)[C@@H](n1cc(CCCN(C)C)c(C(F)(F)F)cc1=O)C(=O)N[C@@H](CC(=O)O)c1cn-2nc1C(F)(F)F. The number of fused-ring (bicyclic) bond motifs is 6. The second kappa shape index (κ2) is 13.7. The molecule has 0 radical (unpaired) electrons. The number of ether oxygens (including phenoxy) is 1. The van der Waals surface area contributed by atoms with Crippen LogP contribution in [0.3, 0.4) is 0 Å². The molecule has 2 N–H and O–H groups in total. The first-order valence-electron chi connectivity index (χ1n) is 15.4. The third-order valence-corrected chi connectivity index (χ3v) is 8.17. The molecule has 0 saturated carbocycles. The van der Waals surface area contributed by atoms with Crippen LogP contribution in [0.15, 0.2) is 59.7 Å². The van der Waals surface area contributed by atoms with Crippen molar-refractivity contribution in [1.82, 2.24) is 24.6 Å². The van der Waals surface area contributed by atoms with Gasteiger partial charge in [0.15, 0.2) is 11.4 Å². The first-order chi connectivity index (χ1) is 23.3. The molecule has 266 valence electrons. The van der Waals surface area contributed by atoms with Crippen LogP contribution in [0.2, 0.25) is 0 Å². The van der Waals surface area contributed by atoms with Gasteiger partial charge in [-0.1, -0.05) is 18.2 Å². The largest absolute Gasteiger partial charge is 0.481 e. The van der Waals surface area contributed by atoms with Crippen molar-refractivity contribution in [2.75, 3.05) is 20.6 Å². The molecular weight excluding hydrogens is 672 g/mol.